The van der Waals surface area contributed by atoms with Crippen molar-refractivity contribution in [3.8, 4) is 0 Å². The highest BCUT2D eigenvalue weighted by atomic mass is 35.5. The number of para-hydroxylation sites is 1. The first-order chi connectivity index (χ1) is 14.0. The Labute approximate surface area is 184 Å². The number of anilines is 3. The number of thioether (sulfide) groups is 1. The van der Waals surface area contributed by atoms with Crippen LogP contribution in [0.3, 0.4) is 0 Å². The van der Waals surface area contributed by atoms with E-state index in [1.165, 1.54) is 10.6 Å². The summed E-state index contributed by atoms with van der Waals surface area (Å²) in [6, 6.07) is 25.3. The fourth-order valence-corrected chi connectivity index (χ4v) is 4.67. The van der Waals surface area contributed by atoms with Gasteiger partial charge in [0, 0.05) is 38.8 Å². The van der Waals surface area contributed by atoms with E-state index in [0.717, 1.165) is 34.1 Å². The maximum atomic E-state index is 6.37. The molecule has 4 heteroatoms. The Balaban J connectivity index is 1.81. The smallest absolute Gasteiger partial charge is 0.0482 e. The number of hydrogen-bond donors (Lipinski definition) is 2. The van der Waals surface area contributed by atoms with Crippen LogP contribution in [0, 0.1) is 5.92 Å². The minimum absolute atomic E-state index is 0.419. The molecule has 1 atom stereocenters. The second kappa shape index (κ2) is 10.6. The van der Waals surface area contributed by atoms with Crippen LogP contribution in [0.4, 0.5) is 17.1 Å². The molecule has 1 unspecified atom stereocenters. The molecule has 2 nitrogen and oxygen atoms in total. The summed E-state index contributed by atoms with van der Waals surface area (Å²) in [7, 11) is 0. The van der Waals surface area contributed by atoms with Gasteiger partial charge in [-0.25, -0.2) is 0 Å². The van der Waals surface area contributed by atoms with Gasteiger partial charge in [0.15, 0.2) is 0 Å². The Morgan fingerprint density at radius 3 is 2.31 bits per heavy atom. The van der Waals surface area contributed by atoms with Crippen molar-refractivity contribution >= 4 is 40.4 Å². The third-order valence-corrected chi connectivity index (χ3v) is 6.08. The topological polar surface area (TPSA) is 24.1 Å². The summed E-state index contributed by atoms with van der Waals surface area (Å²) in [5, 5.41) is 8.02. The lowest BCUT2D eigenvalue weighted by Crippen LogP contribution is -2.17. The van der Waals surface area contributed by atoms with Gasteiger partial charge in [0.05, 0.1) is 0 Å². The average molecular weight is 425 g/mol. The number of halogens is 1. The summed E-state index contributed by atoms with van der Waals surface area (Å²) in [5.41, 5.74) is 4.50. The van der Waals surface area contributed by atoms with Gasteiger partial charge in [-0.1, -0.05) is 61.8 Å². The SMILES string of the molecule is CC(C)CC(C)Nc1ccc(Nc2ccccc2)cc1SCc1ccccc1Cl. The predicted octanol–water partition coefficient (Wildman–Crippen LogP) is 8.22. The second-order valence-corrected chi connectivity index (χ2v) is 9.18. The van der Waals surface area contributed by atoms with E-state index < -0.39 is 0 Å². The lowest BCUT2D eigenvalue weighted by Gasteiger charge is -2.20. The second-order valence-electron chi connectivity index (χ2n) is 7.76. The van der Waals surface area contributed by atoms with E-state index in [2.05, 4.69) is 67.8 Å². The number of hydrogen-bond acceptors (Lipinski definition) is 3. The molecule has 3 aromatic carbocycles. The van der Waals surface area contributed by atoms with E-state index in [0.29, 0.717) is 12.0 Å². The summed E-state index contributed by atoms with van der Waals surface area (Å²) in [6.45, 7) is 6.77. The minimum atomic E-state index is 0.419. The Kier molecular flexibility index (Phi) is 7.91. The zero-order chi connectivity index (χ0) is 20.6. The van der Waals surface area contributed by atoms with Gasteiger partial charge in [-0.2, -0.15) is 0 Å². The van der Waals surface area contributed by atoms with Crippen molar-refractivity contribution in [3.63, 3.8) is 0 Å². The van der Waals surface area contributed by atoms with E-state index in [1.54, 1.807) is 0 Å². The minimum Gasteiger partial charge on any atom is -0.382 e. The maximum Gasteiger partial charge on any atom is 0.0482 e. The highest BCUT2D eigenvalue weighted by molar-refractivity contribution is 7.98. The maximum absolute atomic E-state index is 6.37. The van der Waals surface area contributed by atoms with Crippen LogP contribution in [0.1, 0.15) is 32.8 Å². The summed E-state index contributed by atoms with van der Waals surface area (Å²) >= 11 is 8.18. The molecular formula is C25H29ClN2S. The van der Waals surface area contributed by atoms with Gasteiger partial charge in [-0.3, -0.25) is 0 Å². The van der Waals surface area contributed by atoms with Gasteiger partial charge in [0.1, 0.15) is 0 Å². The fourth-order valence-electron chi connectivity index (χ4n) is 3.33. The molecule has 29 heavy (non-hydrogen) atoms. The van der Waals surface area contributed by atoms with Crippen LogP contribution in [0.5, 0.6) is 0 Å². The van der Waals surface area contributed by atoms with Crippen LogP contribution in [-0.4, -0.2) is 6.04 Å². The van der Waals surface area contributed by atoms with E-state index in [9.17, 15) is 0 Å². The molecule has 152 valence electrons. The molecule has 0 fully saturated rings. The molecule has 0 bridgehead atoms. The molecule has 0 heterocycles. The van der Waals surface area contributed by atoms with Crippen LogP contribution in [0.2, 0.25) is 5.02 Å². The van der Waals surface area contributed by atoms with E-state index >= 15 is 0 Å². The van der Waals surface area contributed by atoms with Gasteiger partial charge in [0.25, 0.3) is 0 Å². The quantitative estimate of drug-likeness (QED) is 0.338. The van der Waals surface area contributed by atoms with E-state index in [4.69, 9.17) is 11.6 Å². The van der Waals surface area contributed by atoms with Crippen molar-refractivity contribution in [2.24, 2.45) is 5.92 Å². The lowest BCUT2D eigenvalue weighted by molar-refractivity contribution is 0.539. The van der Waals surface area contributed by atoms with Crippen molar-refractivity contribution in [2.45, 2.75) is 43.9 Å². The summed E-state index contributed by atoms with van der Waals surface area (Å²) in [5.74, 6) is 1.50. The Bertz CT molecular complexity index is 912. The van der Waals surface area contributed by atoms with Crippen LogP contribution >= 0.6 is 23.4 Å². The standard InChI is InChI=1S/C25H29ClN2S/c1-18(2)15-19(3)27-24-14-13-22(28-21-10-5-4-6-11-21)16-25(24)29-17-20-9-7-8-12-23(20)26/h4-14,16,18-19,27-28H,15,17H2,1-3H3. The van der Waals surface area contributed by atoms with Crippen LogP contribution < -0.4 is 10.6 Å². The van der Waals surface area contributed by atoms with Crippen molar-refractivity contribution in [1.82, 2.24) is 0 Å². The third-order valence-electron chi connectivity index (χ3n) is 4.61. The molecule has 0 aromatic heterocycles. The monoisotopic (exact) mass is 424 g/mol. The van der Waals surface area contributed by atoms with E-state index in [-0.39, 0.29) is 0 Å². The molecule has 0 saturated heterocycles. The van der Waals surface area contributed by atoms with Gasteiger partial charge in [-0.05, 0) is 61.2 Å². The summed E-state index contributed by atoms with van der Waals surface area (Å²) < 4.78 is 0. The first-order valence-electron chi connectivity index (χ1n) is 10.1. The molecule has 0 aliphatic carbocycles. The van der Waals surface area contributed by atoms with Gasteiger partial charge < -0.3 is 10.6 Å². The largest absolute Gasteiger partial charge is 0.382 e. The molecule has 0 aliphatic rings. The predicted molar refractivity (Wildman–Crippen MR) is 130 cm³/mol. The van der Waals surface area contributed by atoms with Crippen LogP contribution in [0.25, 0.3) is 0 Å². The van der Waals surface area contributed by atoms with Crippen LogP contribution in [-0.2, 0) is 5.75 Å². The third kappa shape index (κ3) is 6.73. The zero-order valence-electron chi connectivity index (χ0n) is 17.3. The molecule has 0 amide bonds. The van der Waals surface area contributed by atoms with E-state index in [1.807, 2.05) is 48.2 Å². The number of rotatable bonds is 9. The molecule has 3 aromatic rings. The summed E-state index contributed by atoms with van der Waals surface area (Å²) in [6.07, 6.45) is 1.14. The molecule has 0 radical (unpaired) electrons. The normalized spacial score (nSPS) is 12.0. The van der Waals surface area contributed by atoms with Gasteiger partial charge in [-0.15, -0.1) is 11.8 Å². The van der Waals surface area contributed by atoms with Gasteiger partial charge in [0.2, 0.25) is 0 Å². The van der Waals surface area contributed by atoms with Gasteiger partial charge >= 0.3 is 0 Å². The number of benzene rings is 3. The van der Waals surface area contributed by atoms with Crippen molar-refractivity contribution in [2.75, 3.05) is 10.6 Å². The lowest BCUT2D eigenvalue weighted by atomic mass is 10.1. The molecule has 3 rings (SSSR count). The molecule has 2 N–H and O–H groups in total. The highest BCUT2D eigenvalue weighted by Crippen LogP contribution is 2.35. The molecule has 0 aliphatic heterocycles. The van der Waals surface area contributed by atoms with Crippen molar-refractivity contribution < 1.29 is 0 Å². The van der Waals surface area contributed by atoms with Crippen LogP contribution in [0.15, 0.2) is 77.7 Å². The average Bonchev–Trinajstić information content (AvgIpc) is 2.69. The Morgan fingerprint density at radius 1 is 0.862 bits per heavy atom. The Hall–Kier alpha value is -2.10. The number of nitrogens with one attached hydrogen (secondary N) is 2. The summed E-state index contributed by atoms with van der Waals surface area (Å²) in [4.78, 5) is 1.22. The molecule has 0 spiro atoms. The fraction of sp³-hybridized carbons (Fsp3) is 0.280. The molecule has 0 saturated carbocycles. The molecular weight excluding hydrogens is 396 g/mol. The zero-order valence-corrected chi connectivity index (χ0v) is 18.9. The Morgan fingerprint density at radius 2 is 1.59 bits per heavy atom. The first kappa shape index (κ1) is 21.6. The first-order valence-corrected chi connectivity index (χ1v) is 11.5. The van der Waals surface area contributed by atoms with Crippen molar-refractivity contribution in [1.29, 1.82) is 0 Å². The highest BCUT2D eigenvalue weighted by Gasteiger charge is 2.11. The van der Waals surface area contributed by atoms with Crippen molar-refractivity contribution in [3.05, 3.63) is 83.4 Å².